The average molecular weight is 275 g/mol. The van der Waals surface area contributed by atoms with E-state index in [-0.39, 0.29) is 5.60 Å². The van der Waals surface area contributed by atoms with E-state index in [1.165, 1.54) is 24.0 Å². The smallest absolute Gasteiger partial charge is 0.123 e. The van der Waals surface area contributed by atoms with Crippen molar-refractivity contribution in [2.75, 3.05) is 0 Å². The molecular formula is C18H29NO. The molecule has 1 atom stereocenters. The number of hydrogen-bond donors (Lipinski definition) is 1. The molecule has 0 saturated carbocycles. The van der Waals surface area contributed by atoms with E-state index in [1.807, 2.05) is 0 Å². The predicted octanol–water partition coefficient (Wildman–Crippen LogP) is 4.31. The fourth-order valence-corrected chi connectivity index (χ4v) is 3.21. The largest absolute Gasteiger partial charge is 0.487 e. The molecule has 1 N–H and O–H groups in total. The molecule has 1 aliphatic heterocycles. The van der Waals surface area contributed by atoms with Gasteiger partial charge < -0.3 is 10.1 Å². The molecule has 0 amide bonds. The maximum Gasteiger partial charge on any atom is 0.123 e. The van der Waals surface area contributed by atoms with E-state index in [9.17, 15) is 0 Å². The number of fused-ring (bicyclic) bond motifs is 1. The lowest BCUT2D eigenvalue weighted by atomic mass is 9.95. The van der Waals surface area contributed by atoms with Crippen molar-refractivity contribution in [3.05, 3.63) is 29.3 Å². The molecule has 0 bridgehead atoms. The normalized spacial score (nSPS) is 17.9. The number of nitrogens with one attached hydrogen (secondary N) is 1. The number of rotatable bonds is 6. The van der Waals surface area contributed by atoms with Crippen LogP contribution in [0.1, 0.15) is 58.6 Å². The van der Waals surface area contributed by atoms with Gasteiger partial charge in [-0.15, -0.1) is 0 Å². The zero-order chi connectivity index (χ0) is 14.8. The Morgan fingerprint density at radius 3 is 2.60 bits per heavy atom. The second-order valence-electron chi connectivity index (χ2n) is 6.73. The molecule has 0 fully saturated rings. The number of ether oxygens (including phenoxy) is 1. The molecule has 2 nitrogen and oxygen atoms in total. The fourth-order valence-electron chi connectivity index (χ4n) is 3.21. The Morgan fingerprint density at radius 2 is 1.95 bits per heavy atom. The van der Waals surface area contributed by atoms with Gasteiger partial charge in [0, 0.05) is 19.0 Å². The Kier molecular flexibility index (Phi) is 4.74. The molecule has 0 radical (unpaired) electrons. The summed E-state index contributed by atoms with van der Waals surface area (Å²) in [5.74, 6) is 1.83. The van der Waals surface area contributed by atoms with Crippen LogP contribution in [0.5, 0.6) is 5.75 Å². The minimum atomic E-state index is -0.0445. The van der Waals surface area contributed by atoms with Gasteiger partial charge in [-0.1, -0.05) is 38.8 Å². The predicted molar refractivity (Wildman–Crippen MR) is 85.2 cm³/mol. The van der Waals surface area contributed by atoms with Crippen molar-refractivity contribution in [1.82, 2.24) is 5.32 Å². The fraction of sp³-hybridized carbons (Fsp3) is 0.667. The molecule has 20 heavy (non-hydrogen) atoms. The van der Waals surface area contributed by atoms with Crippen molar-refractivity contribution < 1.29 is 4.74 Å². The van der Waals surface area contributed by atoms with E-state index in [2.05, 4.69) is 58.1 Å². The van der Waals surface area contributed by atoms with Crippen LogP contribution in [0.3, 0.4) is 0 Å². The first-order valence-corrected chi connectivity index (χ1v) is 7.99. The van der Waals surface area contributed by atoms with Gasteiger partial charge in [0.05, 0.1) is 0 Å². The molecule has 0 aliphatic carbocycles. The summed E-state index contributed by atoms with van der Waals surface area (Å²) in [5.41, 5.74) is 2.67. The Hall–Kier alpha value is -1.02. The molecule has 1 heterocycles. The molecular weight excluding hydrogens is 246 g/mol. The molecule has 0 spiro atoms. The van der Waals surface area contributed by atoms with Gasteiger partial charge in [0.25, 0.3) is 0 Å². The number of benzene rings is 1. The van der Waals surface area contributed by atoms with Crippen LogP contribution in [0.15, 0.2) is 18.2 Å². The third kappa shape index (κ3) is 3.54. The van der Waals surface area contributed by atoms with Crippen LogP contribution in [0, 0.1) is 5.92 Å². The number of hydrogen-bond acceptors (Lipinski definition) is 2. The van der Waals surface area contributed by atoms with Gasteiger partial charge in [-0.25, -0.2) is 0 Å². The summed E-state index contributed by atoms with van der Waals surface area (Å²) in [5, 5.41) is 3.67. The Morgan fingerprint density at radius 1 is 1.25 bits per heavy atom. The maximum atomic E-state index is 5.93. The van der Waals surface area contributed by atoms with Crippen LogP contribution >= 0.6 is 0 Å². The van der Waals surface area contributed by atoms with E-state index >= 15 is 0 Å². The third-order valence-electron chi connectivity index (χ3n) is 4.51. The highest BCUT2D eigenvalue weighted by Gasteiger charge is 2.29. The van der Waals surface area contributed by atoms with E-state index in [4.69, 9.17) is 4.74 Å². The zero-order valence-electron chi connectivity index (χ0n) is 13.6. The lowest BCUT2D eigenvalue weighted by Gasteiger charge is -2.22. The quantitative estimate of drug-likeness (QED) is 0.835. The SMILES string of the molecule is CCC(CC)C(C)NCc1ccc2c(c1)CC(C)(C)O2. The summed E-state index contributed by atoms with van der Waals surface area (Å²) < 4.78 is 5.93. The van der Waals surface area contributed by atoms with Gasteiger partial charge in [0.2, 0.25) is 0 Å². The average Bonchev–Trinajstić information content (AvgIpc) is 2.70. The van der Waals surface area contributed by atoms with Crippen molar-refractivity contribution in [1.29, 1.82) is 0 Å². The summed E-state index contributed by atoms with van der Waals surface area (Å²) in [6, 6.07) is 7.19. The molecule has 1 unspecified atom stereocenters. The summed E-state index contributed by atoms with van der Waals surface area (Å²) in [6.45, 7) is 12.1. The second kappa shape index (κ2) is 6.17. The van der Waals surface area contributed by atoms with Crippen LogP contribution in [-0.2, 0) is 13.0 Å². The van der Waals surface area contributed by atoms with Gasteiger partial charge in [0.15, 0.2) is 0 Å². The monoisotopic (exact) mass is 275 g/mol. The maximum absolute atomic E-state index is 5.93. The third-order valence-corrected chi connectivity index (χ3v) is 4.51. The zero-order valence-corrected chi connectivity index (χ0v) is 13.6. The van der Waals surface area contributed by atoms with Crippen LogP contribution in [0.25, 0.3) is 0 Å². The first-order valence-electron chi connectivity index (χ1n) is 7.99. The summed E-state index contributed by atoms with van der Waals surface area (Å²) >= 11 is 0. The van der Waals surface area contributed by atoms with Crippen LogP contribution in [0.4, 0.5) is 0 Å². The minimum Gasteiger partial charge on any atom is -0.487 e. The lowest BCUT2D eigenvalue weighted by molar-refractivity contribution is 0.138. The molecule has 1 aromatic carbocycles. The molecule has 1 aromatic rings. The van der Waals surface area contributed by atoms with Gasteiger partial charge in [-0.3, -0.25) is 0 Å². The second-order valence-corrected chi connectivity index (χ2v) is 6.73. The molecule has 1 aliphatic rings. The van der Waals surface area contributed by atoms with E-state index < -0.39 is 0 Å². The highest BCUT2D eigenvalue weighted by atomic mass is 16.5. The molecule has 0 saturated heterocycles. The van der Waals surface area contributed by atoms with Gasteiger partial charge in [-0.05, 0) is 43.9 Å². The van der Waals surface area contributed by atoms with Crippen molar-refractivity contribution in [3.63, 3.8) is 0 Å². The van der Waals surface area contributed by atoms with Gasteiger partial charge >= 0.3 is 0 Å². The van der Waals surface area contributed by atoms with Crippen molar-refractivity contribution in [2.24, 2.45) is 5.92 Å². The molecule has 0 aromatic heterocycles. The highest BCUT2D eigenvalue weighted by molar-refractivity contribution is 5.41. The highest BCUT2D eigenvalue weighted by Crippen LogP contribution is 2.35. The summed E-state index contributed by atoms with van der Waals surface area (Å²) in [6.07, 6.45) is 3.51. The van der Waals surface area contributed by atoms with Gasteiger partial charge in [-0.2, -0.15) is 0 Å². The van der Waals surface area contributed by atoms with E-state index in [1.54, 1.807) is 0 Å². The van der Waals surface area contributed by atoms with Crippen LogP contribution in [-0.4, -0.2) is 11.6 Å². The Bertz CT molecular complexity index is 449. The van der Waals surface area contributed by atoms with E-state index in [0.29, 0.717) is 6.04 Å². The standard InChI is InChI=1S/C18H29NO/c1-6-15(7-2)13(3)19-12-14-8-9-17-16(10-14)11-18(4,5)20-17/h8-10,13,15,19H,6-7,11-12H2,1-5H3. The first kappa shape index (κ1) is 15.4. The summed E-state index contributed by atoms with van der Waals surface area (Å²) in [7, 11) is 0. The van der Waals surface area contributed by atoms with Crippen molar-refractivity contribution in [2.45, 2.75) is 72.1 Å². The Balaban J connectivity index is 1.96. The first-order chi connectivity index (χ1) is 9.45. The molecule has 112 valence electrons. The Labute approximate surface area is 123 Å². The van der Waals surface area contributed by atoms with Crippen molar-refractivity contribution in [3.8, 4) is 5.75 Å². The van der Waals surface area contributed by atoms with Gasteiger partial charge in [0.1, 0.15) is 11.4 Å². The summed E-state index contributed by atoms with van der Waals surface area (Å²) in [4.78, 5) is 0. The molecule has 2 heteroatoms. The lowest BCUT2D eigenvalue weighted by Crippen LogP contribution is -2.32. The van der Waals surface area contributed by atoms with Crippen molar-refractivity contribution >= 4 is 0 Å². The van der Waals surface area contributed by atoms with E-state index in [0.717, 1.165) is 24.6 Å². The van der Waals surface area contributed by atoms with Crippen LogP contribution in [0.2, 0.25) is 0 Å². The topological polar surface area (TPSA) is 21.3 Å². The molecule has 2 rings (SSSR count). The van der Waals surface area contributed by atoms with Crippen LogP contribution < -0.4 is 10.1 Å². The minimum absolute atomic E-state index is 0.0445.